The number of carbonyl (C=O) groups is 1. The van der Waals surface area contributed by atoms with Gasteiger partial charge in [-0.15, -0.1) is 11.8 Å². The van der Waals surface area contributed by atoms with Gasteiger partial charge in [-0.3, -0.25) is 9.48 Å². The van der Waals surface area contributed by atoms with Gasteiger partial charge in [-0.05, 0) is 43.2 Å². The molecule has 0 radical (unpaired) electrons. The number of amides is 1. The monoisotopic (exact) mass is 415 g/mol. The van der Waals surface area contributed by atoms with E-state index >= 15 is 0 Å². The summed E-state index contributed by atoms with van der Waals surface area (Å²) < 4.78 is 2.92. The lowest BCUT2D eigenvalue weighted by Crippen LogP contribution is -2.39. The van der Waals surface area contributed by atoms with Crippen LogP contribution in [0.3, 0.4) is 0 Å². The molecular formula is C20H25N5OS2. The Balaban J connectivity index is 1.35. The Morgan fingerprint density at radius 1 is 1.36 bits per heavy atom. The maximum atomic E-state index is 12.5. The van der Waals surface area contributed by atoms with Gasteiger partial charge >= 0.3 is 0 Å². The predicted molar refractivity (Wildman–Crippen MR) is 117 cm³/mol. The summed E-state index contributed by atoms with van der Waals surface area (Å²) in [5.74, 6) is 0.575. The topological polar surface area (TPSA) is 54.3 Å². The summed E-state index contributed by atoms with van der Waals surface area (Å²) in [4.78, 5) is 22.9. The Bertz CT molecular complexity index is 974. The van der Waals surface area contributed by atoms with Gasteiger partial charge in [0.15, 0.2) is 5.13 Å². The van der Waals surface area contributed by atoms with E-state index in [-0.39, 0.29) is 5.91 Å². The number of piperidine rings is 1. The smallest absolute Gasteiger partial charge is 0.256 e. The van der Waals surface area contributed by atoms with E-state index in [4.69, 9.17) is 4.98 Å². The first-order valence-corrected chi connectivity index (χ1v) is 11.5. The Kier molecular flexibility index (Phi) is 5.59. The molecule has 3 heterocycles. The van der Waals surface area contributed by atoms with Gasteiger partial charge in [0.05, 0.1) is 22.0 Å². The molecule has 0 saturated carbocycles. The summed E-state index contributed by atoms with van der Waals surface area (Å²) in [5.41, 5.74) is 1.74. The van der Waals surface area contributed by atoms with Gasteiger partial charge in [-0.2, -0.15) is 5.10 Å². The lowest BCUT2D eigenvalue weighted by Gasteiger charge is -2.33. The van der Waals surface area contributed by atoms with Crippen LogP contribution >= 0.6 is 23.1 Å². The van der Waals surface area contributed by atoms with Crippen molar-refractivity contribution < 1.29 is 4.79 Å². The minimum atomic E-state index is 0.0475. The van der Waals surface area contributed by atoms with E-state index in [2.05, 4.69) is 34.5 Å². The molecule has 1 aliphatic rings. The number of hydrogen-bond acceptors (Lipinski definition) is 6. The number of fused-ring (bicyclic) bond motifs is 1. The Morgan fingerprint density at radius 2 is 2.14 bits per heavy atom. The minimum absolute atomic E-state index is 0.0475. The molecule has 0 aliphatic carbocycles. The van der Waals surface area contributed by atoms with Crippen LogP contribution in [-0.2, 0) is 7.05 Å². The fourth-order valence-corrected chi connectivity index (χ4v) is 5.26. The molecule has 1 amide bonds. The van der Waals surface area contributed by atoms with Crippen molar-refractivity contribution in [3.05, 3.63) is 36.2 Å². The number of nitrogens with zero attached hydrogens (tertiary/aromatic N) is 5. The van der Waals surface area contributed by atoms with Crippen molar-refractivity contribution in [1.29, 1.82) is 0 Å². The summed E-state index contributed by atoms with van der Waals surface area (Å²) in [7, 11) is 3.72. The molecular weight excluding hydrogens is 390 g/mol. The molecule has 3 aromatic rings. The second kappa shape index (κ2) is 8.13. The Morgan fingerprint density at radius 3 is 2.82 bits per heavy atom. The lowest BCUT2D eigenvalue weighted by atomic mass is 9.96. The summed E-state index contributed by atoms with van der Waals surface area (Å²) in [6, 6.07) is 6.48. The summed E-state index contributed by atoms with van der Waals surface area (Å²) >= 11 is 3.54. The maximum absolute atomic E-state index is 12.5. The molecule has 1 saturated heterocycles. The molecule has 28 heavy (non-hydrogen) atoms. The van der Waals surface area contributed by atoms with Crippen molar-refractivity contribution >= 4 is 44.4 Å². The fourth-order valence-electron chi connectivity index (χ4n) is 3.68. The lowest BCUT2D eigenvalue weighted by molar-refractivity contribution is 0.0765. The third-order valence-electron chi connectivity index (χ3n) is 5.30. The Hall–Kier alpha value is -2.06. The van der Waals surface area contributed by atoms with Gasteiger partial charge in [0, 0.05) is 44.8 Å². The van der Waals surface area contributed by atoms with E-state index in [0.29, 0.717) is 11.5 Å². The van der Waals surface area contributed by atoms with Crippen LogP contribution in [0.15, 0.2) is 35.5 Å². The molecule has 1 aliphatic heterocycles. The van der Waals surface area contributed by atoms with E-state index in [1.807, 2.05) is 19.0 Å². The zero-order chi connectivity index (χ0) is 19.7. The van der Waals surface area contributed by atoms with E-state index in [1.165, 1.54) is 9.60 Å². The highest BCUT2D eigenvalue weighted by molar-refractivity contribution is 7.98. The number of aryl methyl sites for hydroxylation is 1. The number of carbonyl (C=O) groups excluding carboxylic acids is 1. The average molecular weight is 416 g/mol. The number of hydrogen-bond donors (Lipinski definition) is 0. The number of benzene rings is 1. The molecule has 8 heteroatoms. The van der Waals surface area contributed by atoms with Gasteiger partial charge in [-0.25, -0.2) is 4.98 Å². The SMILES string of the molecule is CSc1ccc2nc(N3CCC(CN(C)C(=O)c4cnn(C)c4)CC3)sc2c1. The van der Waals surface area contributed by atoms with Crippen molar-refractivity contribution in [3.63, 3.8) is 0 Å². The number of anilines is 1. The van der Waals surface area contributed by atoms with Gasteiger partial charge in [0.1, 0.15) is 0 Å². The van der Waals surface area contributed by atoms with E-state index < -0.39 is 0 Å². The van der Waals surface area contributed by atoms with Crippen molar-refractivity contribution in [1.82, 2.24) is 19.7 Å². The van der Waals surface area contributed by atoms with Gasteiger partial charge in [-0.1, -0.05) is 11.3 Å². The molecule has 0 N–H and O–H groups in total. The van der Waals surface area contributed by atoms with Crippen LogP contribution in [-0.4, -0.2) is 58.5 Å². The largest absolute Gasteiger partial charge is 0.348 e. The molecule has 4 rings (SSSR count). The standard InChI is InChI=1S/C20H25N5OS2/c1-23(19(26)15-11-21-24(2)13-15)12-14-6-8-25(9-7-14)20-22-17-5-4-16(27-3)10-18(17)28-20/h4-5,10-11,13-14H,6-9,12H2,1-3H3. The minimum Gasteiger partial charge on any atom is -0.348 e. The van der Waals surface area contributed by atoms with Crippen LogP contribution in [0, 0.1) is 5.92 Å². The summed E-state index contributed by atoms with van der Waals surface area (Å²) in [6.45, 7) is 2.78. The number of aromatic nitrogens is 3. The number of thiazole rings is 1. The third kappa shape index (κ3) is 4.03. The number of thioether (sulfide) groups is 1. The molecule has 0 atom stereocenters. The molecule has 6 nitrogen and oxygen atoms in total. The molecule has 1 fully saturated rings. The molecule has 0 unspecified atom stereocenters. The second-order valence-electron chi connectivity index (χ2n) is 7.35. The second-order valence-corrected chi connectivity index (χ2v) is 9.24. The van der Waals surface area contributed by atoms with Crippen LogP contribution in [0.25, 0.3) is 10.2 Å². The van der Waals surface area contributed by atoms with Gasteiger partial charge in [0.2, 0.25) is 0 Å². The van der Waals surface area contributed by atoms with E-state index in [1.54, 1.807) is 40.2 Å². The molecule has 148 valence electrons. The molecule has 0 bridgehead atoms. The van der Waals surface area contributed by atoms with Gasteiger partial charge < -0.3 is 9.80 Å². The summed E-state index contributed by atoms with van der Waals surface area (Å²) in [5, 5.41) is 5.21. The van der Waals surface area contributed by atoms with Crippen LogP contribution in [0.1, 0.15) is 23.2 Å². The highest BCUT2D eigenvalue weighted by Crippen LogP contribution is 2.33. The zero-order valence-electron chi connectivity index (χ0n) is 16.5. The quantitative estimate of drug-likeness (QED) is 0.594. The maximum Gasteiger partial charge on any atom is 0.256 e. The summed E-state index contributed by atoms with van der Waals surface area (Å²) in [6.07, 6.45) is 7.67. The highest BCUT2D eigenvalue weighted by Gasteiger charge is 2.24. The normalized spacial score (nSPS) is 15.3. The fraction of sp³-hybridized carbons (Fsp3) is 0.450. The predicted octanol–water partition coefficient (Wildman–Crippen LogP) is 3.74. The highest BCUT2D eigenvalue weighted by atomic mass is 32.2. The average Bonchev–Trinajstić information content (AvgIpc) is 3.33. The molecule has 2 aromatic heterocycles. The van der Waals surface area contributed by atoms with E-state index in [9.17, 15) is 4.79 Å². The van der Waals surface area contributed by atoms with Crippen LogP contribution in [0.2, 0.25) is 0 Å². The first kappa shape index (κ1) is 19.3. The first-order chi connectivity index (χ1) is 13.5. The van der Waals surface area contributed by atoms with Crippen LogP contribution < -0.4 is 4.90 Å². The Labute approximate surface area is 173 Å². The number of rotatable bonds is 5. The van der Waals surface area contributed by atoms with Crippen LogP contribution in [0.4, 0.5) is 5.13 Å². The van der Waals surface area contributed by atoms with Crippen LogP contribution in [0.5, 0.6) is 0 Å². The van der Waals surface area contributed by atoms with E-state index in [0.717, 1.165) is 43.1 Å². The first-order valence-electron chi connectivity index (χ1n) is 9.47. The zero-order valence-corrected chi connectivity index (χ0v) is 18.1. The third-order valence-corrected chi connectivity index (χ3v) is 7.10. The van der Waals surface area contributed by atoms with Crippen molar-refractivity contribution in [2.45, 2.75) is 17.7 Å². The van der Waals surface area contributed by atoms with Crippen molar-refractivity contribution in [2.24, 2.45) is 13.0 Å². The van der Waals surface area contributed by atoms with Crippen molar-refractivity contribution in [3.8, 4) is 0 Å². The molecule has 0 spiro atoms. The van der Waals surface area contributed by atoms with Gasteiger partial charge in [0.25, 0.3) is 5.91 Å². The molecule has 1 aromatic carbocycles. The van der Waals surface area contributed by atoms with Crippen molar-refractivity contribution in [2.75, 3.05) is 37.8 Å².